The van der Waals surface area contributed by atoms with Gasteiger partial charge in [-0.15, -0.1) is 0 Å². The number of halogens is 2. The molecule has 188 valence electrons. The predicted octanol–water partition coefficient (Wildman–Crippen LogP) is 3.47. The first-order valence-electron chi connectivity index (χ1n) is 12.1. The molecule has 10 heteroatoms. The van der Waals surface area contributed by atoms with Gasteiger partial charge in [-0.1, -0.05) is 35.7 Å². The van der Waals surface area contributed by atoms with Crippen LogP contribution in [-0.2, 0) is 22.7 Å². The lowest BCUT2D eigenvalue weighted by molar-refractivity contribution is -0.138. The molecule has 2 heterocycles. The van der Waals surface area contributed by atoms with Crippen LogP contribution in [0.5, 0.6) is 0 Å². The van der Waals surface area contributed by atoms with Crippen molar-refractivity contribution in [2.24, 2.45) is 5.92 Å². The fourth-order valence-corrected chi connectivity index (χ4v) is 4.94. The standard InChI is InChI=1S/C26H27Cl2N5O3/c27-21-6-4-17(12-22(21)28)14-29-24(34)15-33-16-30-23-7-5-19(13-20(23)26(33)36)31-8-10-32(11-9-31)25(35)18-2-1-3-18/h4-7,12-13,16,18H,1-3,8-11,14-15H2,(H,29,34). The number of hydrogen-bond donors (Lipinski definition) is 1. The minimum atomic E-state index is -0.312. The molecule has 1 aliphatic carbocycles. The normalized spacial score (nSPS) is 16.2. The Hall–Kier alpha value is -3.10. The van der Waals surface area contributed by atoms with E-state index in [1.54, 1.807) is 18.2 Å². The first-order chi connectivity index (χ1) is 17.4. The fourth-order valence-electron chi connectivity index (χ4n) is 4.62. The van der Waals surface area contributed by atoms with Crippen LogP contribution in [0.2, 0.25) is 10.0 Å². The number of rotatable bonds is 6. The monoisotopic (exact) mass is 527 g/mol. The van der Waals surface area contributed by atoms with E-state index in [0.29, 0.717) is 34.0 Å². The lowest BCUT2D eigenvalue weighted by Gasteiger charge is -2.39. The maximum Gasteiger partial charge on any atom is 0.261 e. The number of nitrogens with one attached hydrogen (secondary N) is 1. The molecule has 8 nitrogen and oxygen atoms in total. The summed E-state index contributed by atoms with van der Waals surface area (Å²) in [5, 5.41) is 4.12. The van der Waals surface area contributed by atoms with E-state index >= 15 is 0 Å². The van der Waals surface area contributed by atoms with Crippen LogP contribution in [0.15, 0.2) is 47.5 Å². The minimum Gasteiger partial charge on any atom is -0.368 e. The van der Waals surface area contributed by atoms with Gasteiger partial charge >= 0.3 is 0 Å². The number of carbonyl (C=O) groups is 2. The highest BCUT2D eigenvalue weighted by atomic mass is 35.5. The van der Waals surface area contributed by atoms with Gasteiger partial charge in [0.25, 0.3) is 5.56 Å². The van der Waals surface area contributed by atoms with Crippen molar-refractivity contribution in [3.05, 3.63) is 68.7 Å². The van der Waals surface area contributed by atoms with Gasteiger partial charge in [0.15, 0.2) is 0 Å². The SMILES string of the molecule is O=C(Cn1cnc2ccc(N3CCN(C(=O)C4CCC4)CC3)cc2c1=O)NCc1ccc(Cl)c(Cl)c1. The highest BCUT2D eigenvalue weighted by Crippen LogP contribution is 2.29. The van der Waals surface area contributed by atoms with Crippen molar-refractivity contribution in [1.29, 1.82) is 0 Å². The molecule has 2 aliphatic rings. The summed E-state index contributed by atoms with van der Waals surface area (Å²) in [6.45, 7) is 2.93. The zero-order valence-corrected chi connectivity index (χ0v) is 21.3. The Morgan fingerprint density at radius 3 is 2.47 bits per heavy atom. The Kier molecular flexibility index (Phi) is 7.16. The molecular formula is C26H27Cl2N5O3. The van der Waals surface area contributed by atoms with Gasteiger partial charge in [-0.3, -0.25) is 19.0 Å². The Balaban J connectivity index is 1.24. The van der Waals surface area contributed by atoms with Gasteiger partial charge in [0.05, 0.1) is 27.3 Å². The first kappa shape index (κ1) is 24.6. The maximum atomic E-state index is 13.2. The Morgan fingerprint density at radius 2 is 1.78 bits per heavy atom. The van der Waals surface area contributed by atoms with E-state index in [1.807, 2.05) is 23.1 Å². The number of hydrogen-bond acceptors (Lipinski definition) is 5. The van der Waals surface area contributed by atoms with Gasteiger partial charge < -0.3 is 15.1 Å². The van der Waals surface area contributed by atoms with E-state index in [0.717, 1.165) is 43.6 Å². The summed E-state index contributed by atoms with van der Waals surface area (Å²) in [5.41, 5.74) is 2.03. The molecule has 1 saturated heterocycles. The van der Waals surface area contributed by atoms with E-state index in [2.05, 4.69) is 15.2 Å². The number of amides is 2. The second kappa shape index (κ2) is 10.5. The molecule has 1 aliphatic heterocycles. The average molecular weight is 528 g/mol. The molecule has 3 aromatic rings. The quantitative estimate of drug-likeness (QED) is 0.530. The Bertz CT molecular complexity index is 1360. The summed E-state index contributed by atoms with van der Waals surface area (Å²) >= 11 is 12.0. The fraction of sp³-hybridized carbons (Fsp3) is 0.385. The second-order valence-corrected chi connectivity index (χ2v) is 10.2. The Morgan fingerprint density at radius 1 is 1.00 bits per heavy atom. The van der Waals surface area contributed by atoms with E-state index < -0.39 is 0 Å². The van der Waals surface area contributed by atoms with Crippen molar-refractivity contribution in [3.63, 3.8) is 0 Å². The highest BCUT2D eigenvalue weighted by molar-refractivity contribution is 6.42. The average Bonchev–Trinajstić information content (AvgIpc) is 2.85. The van der Waals surface area contributed by atoms with Crippen molar-refractivity contribution < 1.29 is 9.59 Å². The van der Waals surface area contributed by atoms with Crippen molar-refractivity contribution in [3.8, 4) is 0 Å². The third-order valence-electron chi connectivity index (χ3n) is 7.01. The molecule has 0 spiro atoms. The molecule has 1 aromatic heterocycles. The van der Waals surface area contributed by atoms with Crippen LogP contribution in [0.4, 0.5) is 5.69 Å². The van der Waals surface area contributed by atoms with Gasteiger partial charge in [0.2, 0.25) is 11.8 Å². The van der Waals surface area contributed by atoms with Crippen molar-refractivity contribution >= 4 is 51.6 Å². The molecule has 2 fully saturated rings. The van der Waals surface area contributed by atoms with Crippen LogP contribution in [-0.4, -0.2) is 52.4 Å². The number of benzene rings is 2. The highest BCUT2D eigenvalue weighted by Gasteiger charge is 2.31. The summed E-state index contributed by atoms with van der Waals surface area (Å²) in [5.74, 6) is 0.180. The first-order valence-corrected chi connectivity index (χ1v) is 12.9. The maximum absolute atomic E-state index is 13.2. The summed E-state index contributed by atoms with van der Waals surface area (Å²) in [6.07, 6.45) is 4.57. The number of aromatic nitrogens is 2. The van der Waals surface area contributed by atoms with Crippen LogP contribution in [0.25, 0.3) is 10.9 Å². The van der Waals surface area contributed by atoms with E-state index in [4.69, 9.17) is 23.2 Å². The lowest BCUT2D eigenvalue weighted by atomic mass is 9.84. The summed E-state index contributed by atoms with van der Waals surface area (Å²) in [4.78, 5) is 46.7. The van der Waals surface area contributed by atoms with Gasteiger partial charge in [-0.25, -0.2) is 4.98 Å². The minimum absolute atomic E-state index is 0.144. The molecule has 0 radical (unpaired) electrons. The van der Waals surface area contributed by atoms with E-state index in [9.17, 15) is 14.4 Å². The molecule has 36 heavy (non-hydrogen) atoms. The molecule has 5 rings (SSSR count). The van der Waals surface area contributed by atoms with Crippen LogP contribution >= 0.6 is 23.2 Å². The number of nitrogens with zero attached hydrogens (tertiary/aromatic N) is 4. The molecule has 2 aromatic carbocycles. The van der Waals surface area contributed by atoms with Gasteiger partial charge in [-0.05, 0) is 48.7 Å². The summed E-state index contributed by atoms with van der Waals surface area (Å²) in [6, 6.07) is 10.8. The molecule has 2 amide bonds. The molecule has 0 unspecified atom stereocenters. The summed E-state index contributed by atoms with van der Waals surface area (Å²) in [7, 11) is 0. The van der Waals surface area contributed by atoms with Crippen LogP contribution in [0.1, 0.15) is 24.8 Å². The largest absolute Gasteiger partial charge is 0.368 e. The van der Waals surface area contributed by atoms with Crippen LogP contribution < -0.4 is 15.8 Å². The van der Waals surface area contributed by atoms with Crippen molar-refractivity contribution in [2.45, 2.75) is 32.4 Å². The Labute approximate surface area is 218 Å². The molecule has 1 N–H and O–H groups in total. The van der Waals surface area contributed by atoms with E-state index in [1.165, 1.54) is 10.9 Å². The van der Waals surface area contributed by atoms with E-state index in [-0.39, 0.29) is 36.4 Å². The smallest absolute Gasteiger partial charge is 0.261 e. The molecule has 0 atom stereocenters. The molecule has 0 bridgehead atoms. The number of anilines is 1. The second-order valence-electron chi connectivity index (χ2n) is 9.34. The summed E-state index contributed by atoms with van der Waals surface area (Å²) < 4.78 is 1.31. The topological polar surface area (TPSA) is 87.5 Å². The van der Waals surface area contributed by atoms with Crippen molar-refractivity contribution in [1.82, 2.24) is 19.8 Å². The van der Waals surface area contributed by atoms with Crippen molar-refractivity contribution in [2.75, 3.05) is 31.1 Å². The van der Waals surface area contributed by atoms with Gasteiger partial charge in [0.1, 0.15) is 6.54 Å². The third-order valence-corrected chi connectivity index (χ3v) is 7.75. The predicted molar refractivity (Wildman–Crippen MR) is 140 cm³/mol. The zero-order valence-electron chi connectivity index (χ0n) is 19.8. The third kappa shape index (κ3) is 5.20. The van der Waals surface area contributed by atoms with Gasteiger partial charge in [0, 0.05) is 44.3 Å². The number of fused-ring (bicyclic) bond motifs is 1. The molecule has 1 saturated carbocycles. The number of piperazine rings is 1. The zero-order chi connectivity index (χ0) is 25.2. The number of carbonyl (C=O) groups excluding carboxylic acids is 2. The molecular weight excluding hydrogens is 501 g/mol. The van der Waals surface area contributed by atoms with Gasteiger partial charge in [-0.2, -0.15) is 0 Å². The lowest BCUT2D eigenvalue weighted by Crippen LogP contribution is -2.51. The van der Waals surface area contributed by atoms with Crippen LogP contribution in [0, 0.1) is 5.92 Å². The van der Waals surface area contributed by atoms with Crippen LogP contribution in [0.3, 0.4) is 0 Å².